The maximum Gasteiger partial charge on any atom is 0.365 e. The molecule has 3 aromatic heterocycles. The van der Waals surface area contributed by atoms with Crippen LogP contribution in [0.15, 0.2) is 44.8 Å². The zero-order valence-electron chi connectivity index (χ0n) is 16.8. The van der Waals surface area contributed by atoms with Crippen LogP contribution in [0.5, 0.6) is 0 Å². The van der Waals surface area contributed by atoms with E-state index in [1.165, 1.54) is 22.9 Å². The molecular formula is C20H15Cl2N7O3. The number of aromatic amines is 1. The van der Waals surface area contributed by atoms with E-state index in [2.05, 4.69) is 15.0 Å². The summed E-state index contributed by atoms with van der Waals surface area (Å²) in [4.78, 5) is 41.2. The van der Waals surface area contributed by atoms with Gasteiger partial charge in [0.15, 0.2) is 0 Å². The normalized spacial score (nSPS) is 11.2. The zero-order valence-corrected chi connectivity index (χ0v) is 18.3. The molecule has 12 heteroatoms. The molecule has 0 atom stereocenters. The molecule has 0 aliphatic rings. The molecule has 0 saturated heterocycles. The number of aromatic nitrogens is 6. The number of nitrogens with zero attached hydrogens (tertiary/aromatic N) is 6. The highest BCUT2D eigenvalue weighted by Crippen LogP contribution is 2.33. The fourth-order valence-electron chi connectivity index (χ4n) is 3.32. The Morgan fingerprint density at radius 2 is 1.78 bits per heavy atom. The average Bonchev–Trinajstić information content (AvgIpc) is 3.13. The Labute approximate surface area is 190 Å². The molecule has 32 heavy (non-hydrogen) atoms. The minimum Gasteiger partial charge on any atom is -0.354 e. The molecule has 4 aromatic rings. The van der Waals surface area contributed by atoms with Crippen molar-refractivity contribution in [3.05, 3.63) is 83.1 Å². The van der Waals surface area contributed by atoms with Crippen LogP contribution in [-0.4, -0.2) is 29.1 Å². The van der Waals surface area contributed by atoms with Gasteiger partial charge in [-0.3, -0.25) is 14.6 Å². The van der Waals surface area contributed by atoms with Crippen LogP contribution in [-0.2, 0) is 6.54 Å². The van der Waals surface area contributed by atoms with Crippen LogP contribution < -0.4 is 16.8 Å². The Hall–Kier alpha value is -3.68. The van der Waals surface area contributed by atoms with Crippen molar-refractivity contribution in [2.75, 3.05) is 0 Å². The number of H-pyrrole nitrogens is 1. The highest BCUT2D eigenvalue weighted by atomic mass is 35.5. The third kappa shape index (κ3) is 3.62. The van der Waals surface area contributed by atoms with Gasteiger partial charge in [0, 0.05) is 12.6 Å². The monoisotopic (exact) mass is 471 g/mol. The molecule has 1 aromatic carbocycles. The Morgan fingerprint density at radius 3 is 2.41 bits per heavy atom. The summed E-state index contributed by atoms with van der Waals surface area (Å²) in [6.45, 7) is 11.6. The maximum absolute atomic E-state index is 12.3. The molecular weight excluding hydrogens is 457 g/mol. The van der Waals surface area contributed by atoms with Crippen molar-refractivity contribution in [2.45, 2.75) is 20.4 Å². The van der Waals surface area contributed by atoms with Crippen molar-refractivity contribution in [3.63, 3.8) is 0 Å². The molecule has 0 amide bonds. The molecule has 3 heterocycles. The van der Waals surface area contributed by atoms with Gasteiger partial charge in [-0.2, -0.15) is 5.10 Å². The lowest BCUT2D eigenvalue weighted by atomic mass is 10.2. The molecule has 0 unspecified atom stereocenters. The van der Waals surface area contributed by atoms with E-state index in [9.17, 15) is 14.4 Å². The number of rotatable bonds is 4. The second-order valence-corrected chi connectivity index (χ2v) is 8.18. The van der Waals surface area contributed by atoms with Crippen LogP contribution in [0.3, 0.4) is 0 Å². The Bertz CT molecular complexity index is 1560. The molecule has 0 saturated carbocycles. The minimum absolute atomic E-state index is 0.141. The molecule has 0 aliphatic carbocycles. The highest BCUT2D eigenvalue weighted by Gasteiger charge is 2.19. The van der Waals surface area contributed by atoms with Crippen molar-refractivity contribution >= 4 is 40.1 Å². The average molecular weight is 472 g/mol. The summed E-state index contributed by atoms with van der Waals surface area (Å²) in [6, 6.07) is 5.93. The standard InChI is InChI=1S/C20H15Cl2N7O3/c1-10(2)9-27-15-8-24-29(14(15)4-5-16(27)30)17-12(21)6-11(7-13(17)22)28-20(32)25-19(31)18(23-3)26-28/h4-8,10H,9H2,1-2H3,(H,25,31,32). The van der Waals surface area contributed by atoms with Crippen molar-refractivity contribution in [1.82, 2.24) is 29.1 Å². The summed E-state index contributed by atoms with van der Waals surface area (Å²) in [5, 5.41) is 8.42. The summed E-state index contributed by atoms with van der Waals surface area (Å²) in [7, 11) is 0. The number of hydrogen-bond acceptors (Lipinski definition) is 5. The van der Waals surface area contributed by atoms with E-state index in [0.717, 1.165) is 4.68 Å². The van der Waals surface area contributed by atoms with Crippen LogP contribution in [0.4, 0.5) is 5.82 Å². The van der Waals surface area contributed by atoms with Crippen LogP contribution in [0.25, 0.3) is 27.3 Å². The van der Waals surface area contributed by atoms with E-state index in [4.69, 9.17) is 29.8 Å². The summed E-state index contributed by atoms with van der Waals surface area (Å²) in [5.74, 6) is -0.251. The van der Waals surface area contributed by atoms with Gasteiger partial charge >= 0.3 is 11.5 Å². The Kier molecular flexibility index (Phi) is 5.46. The topological polar surface area (TPSA) is 112 Å². The van der Waals surface area contributed by atoms with E-state index in [1.54, 1.807) is 16.8 Å². The van der Waals surface area contributed by atoms with Gasteiger partial charge in [-0.05, 0) is 29.2 Å². The van der Waals surface area contributed by atoms with Crippen LogP contribution in [0.2, 0.25) is 10.0 Å². The van der Waals surface area contributed by atoms with Gasteiger partial charge in [0.2, 0.25) is 0 Å². The predicted molar refractivity (Wildman–Crippen MR) is 120 cm³/mol. The minimum atomic E-state index is -0.884. The smallest absolute Gasteiger partial charge is 0.354 e. The number of fused-ring (bicyclic) bond motifs is 1. The molecule has 0 fully saturated rings. The summed E-state index contributed by atoms with van der Waals surface area (Å²) < 4.78 is 3.97. The van der Waals surface area contributed by atoms with Crippen molar-refractivity contribution in [3.8, 4) is 11.4 Å². The number of benzene rings is 1. The molecule has 0 aliphatic heterocycles. The van der Waals surface area contributed by atoms with E-state index >= 15 is 0 Å². The van der Waals surface area contributed by atoms with Gasteiger partial charge in [-0.15, -0.1) is 4.68 Å². The van der Waals surface area contributed by atoms with E-state index in [1.807, 2.05) is 18.8 Å². The van der Waals surface area contributed by atoms with Crippen molar-refractivity contribution in [2.24, 2.45) is 5.92 Å². The largest absolute Gasteiger partial charge is 0.365 e. The van der Waals surface area contributed by atoms with Gasteiger partial charge in [0.25, 0.3) is 11.1 Å². The first-order chi connectivity index (χ1) is 15.2. The molecule has 0 radical (unpaired) electrons. The van der Waals surface area contributed by atoms with Crippen molar-refractivity contribution < 1.29 is 0 Å². The number of pyridine rings is 1. The van der Waals surface area contributed by atoms with E-state index in [0.29, 0.717) is 23.3 Å². The SMILES string of the molecule is [C-]#[N+]c1nn(-c2cc(Cl)c(-n3ncc4c3ccc(=O)n4CC(C)C)c(Cl)c2)c(=O)[nH]c1=O. The summed E-state index contributed by atoms with van der Waals surface area (Å²) in [5.41, 5.74) is -0.126. The third-order valence-corrected chi connectivity index (χ3v) is 5.23. The van der Waals surface area contributed by atoms with Gasteiger partial charge < -0.3 is 9.41 Å². The zero-order chi connectivity index (χ0) is 23.2. The number of hydrogen-bond donors (Lipinski definition) is 1. The summed E-state index contributed by atoms with van der Waals surface area (Å²) in [6.07, 6.45) is 1.57. The lowest BCUT2D eigenvalue weighted by Crippen LogP contribution is -2.30. The fourth-order valence-corrected chi connectivity index (χ4v) is 3.96. The van der Waals surface area contributed by atoms with Crippen molar-refractivity contribution in [1.29, 1.82) is 0 Å². The number of nitrogens with one attached hydrogen (secondary N) is 1. The molecule has 0 bridgehead atoms. The van der Waals surface area contributed by atoms with Crippen LogP contribution >= 0.6 is 23.2 Å². The summed E-state index contributed by atoms with van der Waals surface area (Å²) >= 11 is 13.0. The predicted octanol–water partition coefficient (Wildman–Crippen LogP) is 2.93. The van der Waals surface area contributed by atoms with E-state index < -0.39 is 17.1 Å². The Balaban J connectivity index is 1.90. The maximum atomic E-state index is 12.3. The second-order valence-electron chi connectivity index (χ2n) is 7.37. The second kappa shape index (κ2) is 8.11. The van der Waals surface area contributed by atoms with E-state index in [-0.39, 0.29) is 27.2 Å². The lowest BCUT2D eigenvalue weighted by Gasteiger charge is -2.12. The highest BCUT2D eigenvalue weighted by molar-refractivity contribution is 6.38. The first-order valence-electron chi connectivity index (χ1n) is 9.39. The first-order valence-corrected chi connectivity index (χ1v) is 10.2. The lowest BCUT2D eigenvalue weighted by molar-refractivity contribution is 0.524. The van der Waals surface area contributed by atoms with Gasteiger partial charge in [0.05, 0.1) is 33.0 Å². The molecule has 1 N–H and O–H groups in total. The van der Waals surface area contributed by atoms with Gasteiger partial charge in [-0.1, -0.05) is 43.6 Å². The van der Waals surface area contributed by atoms with Crippen LogP contribution in [0, 0.1) is 12.5 Å². The first kappa shape index (κ1) is 21.5. The van der Waals surface area contributed by atoms with Crippen LogP contribution in [0.1, 0.15) is 13.8 Å². The van der Waals surface area contributed by atoms with Gasteiger partial charge in [0.1, 0.15) is 5.69 Å². The Morgan fingerprint density at radius 1 is 1.09 bits per heavy atom. The quantitative estimate of drug-likeness (QED) is 0.459. The molecule has 0 spiro atoms. The fraction of sp³-hybridized carbons (Fsp3) is 0.200. The molecule has 10 nitrogen and oxygen atoms in total. The third-order valence-electron chi connectivity index (χ3n) is 4.65. The molecule has 162 valence electrons. The van der Waals surface area contributed by atoms with Gasteiger partial charge in [-0.25, -0.2) is 9.48 Å². The molecule has 4 rings (SSSR count). The number of halogens is 2.